The van der Waals surface area contributed by atoms with E-state index in [0.717, 1.165) is 4.47 Å². The van der Waals surface area contributed by atoms with Crippen LogP contribution in [0.15, 0.2) is 22.7 Å². The maximum Gasteiger partial charge on any atom is 0.235 e. The minimum atomic E-state index is 0.393. The summed E-state index contributed by atoms with van der Waals surface area (Å²) >= 11 is 8.85. The highest BCUT2D eigenvalue weighted by atomic mass is 79.9. The lowest BCUT2D eigenvalue weighted by molar-refractivity contribution is 0.563. The zero-order valence-electron chi connectivity index (χ0n) is 4.90. The van der Waals surface area contributed by atoms with Gasteiger partial charge in [0.2, 0.25) is 6.29 Å². The molecule has 1 aromatic rings. The molecule has 0 amide bonds. The monoisotopic (exact) mass is 217 g/mol. The van der Waals surface area contributed by atoms with Gasteiger partial charge in [0, 0.05) is 10.0 Å². The second-order valence-electron chi connectivity index (χ2n) is 1.73. The number of halogens is 2. The first kappa shape index (κ1) is 7.76. The van der Waals surface area contributed by atoms with E-state index in [1.165, 1.54) is 0 Å². The molecular formula is C7H3BrClO. The van der Waals surface area contributed by atoms with Gasteiger partial charge < -0.3 is 0 Å². The van der Waals surface area contributed by atoms with Crippen molar-refractivity contribution in [2.24, 2.45) is 0 Å². The topological polar surface area (TPSA) is 17.1 Å². The van der Waals surface area contributed by atoms with E-state index in [0.29, 0.717) is 10.6 Å². The minimum Gasteiger partial charge on any atom is -0.285 e. The van der Waals surface area contributed by atoms with Crippen molar-refractivity contribution in [3.05, 3.63) is 33.3 Å². The molecule has 0 aliphatic carbocycles. The lowest BCUT2D eigenvalue weighted by Gasteiger charge is -1.93. The van der Waals surface area contributed by atoms with E-state index in [-0.39, 0.29) is 0 Å². The molecule has 0 N–H and O–H groups in total. The third-order valence-corrected chi connectivity index (χ3v) is 1.85. The van der Waals surface area contributed by atoms with Crippen LogP contribution in [0.25, 0.3) is 0 Å². The van der Waals surface area contributed by atoms with Gasteiger partial charge in [0.1, 0.15) is 0 Å². The Balaban J connectivity index is 3.19. The summed E-state index contributed by atoms with van der Waals surface area (Å²) in [7, 11) is 0. The molecule has 0 heterocycles. The van der Waals surface area contributed by atoms with Crippen LogP contribution in [0.5, 0.6) is 0 Å². The number of benzene rings is 1. The van der Waals surface area contributed by atoms with Crippen LogP contribution in [0.1, 0.15) is 5.56 Å². The summed E-state index contributed by atoms with van der Waals surface area (Å²) in [6.07, 6.45) is 1.72. The summed E-state index contributed by atoms with van der Waals surface area (Å²) in [5, 5.41) is 0.421. The van der Waals surface area contributed by atoms with E-state index in [2.05, 4.69) is 15.9 Å². The average Bonchev–Trinajstić information content (AvgIpc) is 1.88. The molecule has 0 saturated heterocycles. The molecule has 0 unspecified atom stereocenters. The molecule has 1 nitrogen and oxygen atoms in total. The van der Waals surface area contributed by atoms with Crippen molar-refractivity contribution < 1.29 is 4.79 Å². The summed E-state index contributed by atoms with van der Waals surface area (Å²) in [5.74, 6) is 0. The maximum atomic E-state index is 10.1. The fourth-order valence-electron chi connectivity index (χ4n) is 0.572. The second kappa shape index (κ2) is 3.17. The first-order chi connectivity index (χ1) is 4.74. The number of carbonyl (C=O) groups excluding carboxylic acids is 1. The van der Waals surface area contributed by atoms with Crippen LogP contribution in [0, 0.1) is 0 Å². The third kappa shape index (κ3) is 1.58. The quantitative estimate of drug-likeness (QED) is 0.708. The molecule has 1 rings (SSSR count). The molecule has 0 spiro atoms. The number of rotatable bonds is 1. The Morgan fingerprint density at radius 1 is 1.50 bits per heavy atom. The van der Waals surface area contributed by atoms with Crippen molar-refractivity contribution in [2.45, 2.75) is 0 Å². The Labute approximate surface area is 72.1 Å². The standard InChI is InChI=1S/C7H3BrClO/c8-6-2-1-5(4-10)7(9)3-6/h1-3H. The first-order valence-electron chi connectivity index (χ1n) is 2.57. The molecule has 0 aromatic heterocycles. The first-order valence-corrected chi connectivity index (χ1v) is 3.74. The Kier molecular flexibility index (Phi) is 2.46. The van der Waals surface area contributed by atoms with Crippen molar-refractivity contribution >= 4 is 33.8 Å². The Morgan fingerprint density at radius 2 is 2.20 bits per heavy atom. The van der Waals surface area contributed by atoms with E-state index in [4.69, 9.17) is 11.6 Å². The summed E-state index contributed by atoms with van der Waals surface area (Å²) in [4.78, 5) is 10.1. The minimum absolute atomic E-state index is 0.393. The van der Waals surface area contributed by atoms with E-state index < -0.39 is 0 Å². The fraction of sp³-hybridized carbons (Fsp3) is 0. The molecule has 1 radical (unpaired) electrons. The van der Waals surface area contributed by atoms with Crippen LogP contribution in [-0.4, -0.2) is 6.29 Å². The van der Waals surface area contributed by atoms with Gasteiger partial charge in [-0.1, -0.05) is 27.5 Å². The van der Waals surface area contributed by atoms with Gasteiger partial charge in [-0.05, 0) is 18.2 Å². The zero-order valence-corrected chi connectivity index (χ0v) is 7.24. The van der Waals surface area contributed by atoms with E-state index in [1.54, 1.807) is 24.5 Å². The normalized spacial score (nSPS) is 9.40. The van der Waals surface area contributed by atoms with Gasteiger partial charge in [0.25, 0.3) is 0 Å². The molecule has 0 aliphatic rings. The number of hydrogen-bond donors (Lipinski definition) is 0. The van der Waals surface area contributed by atoms with E-state index in [1.807, 2.05) is 0 Å². The lowest BCUT2D eigenvalue weighted by atomic mass is 10.2. The van der Waals surface area contributed by atoms with Crippen LogP contribution >= 0.6 is 27.5 Å². The highest BCUT2D eigenvalue weighted by Crippen LogP contribution is 2.19. The largest absolute Gasteiger partial charge is 0.285 e. The molecule has 51 valence electrons. The van der Waals surface area contributed by atoms with E-state index in [9.17, 15) is 4.79 Å². The van der Waals surface area contributed by atoms with Gasteiger partial charge in [-0.2, -0.15) is 0 Å². The lowest BCUT2D eigenvalue weighted by Crippen LogP contribution is -1.80. The predicted octanol–water partition coefficient (Wildman–Crippen LogP) is 2.56. The fourth-order valence-corrected chi connectivity index (χ4v) is 1.28. The SMILES string of the molecule is O=[C]c1ccc(Br)cc1Cl. The van der Waals surface area contributed by atoms with Crippen LogP contribution in [0.2, 0.25) is 5.02 Å². The van der Waals surface area contributed by atoms with Crippen LogP contribution in [0.3, 0.4) is 0 Å². The average molecular weight is 218 g/mol. The van der Waals surface area contributed by atoms with Gasteiger partial charge in [0.15, 0.2) is 0 Å². The molecule has 0 aliphatic heterocycles. The van der Waals surface area contributed by atoms with Gasteiger partial charge in [0.05, 0.1) is 5.02 Å². The molecule has 0 fully saturated rings. The molecule has 10 heavy (non-hydrogen) atoms. The zero-order chi connectivity index (χ0) is 7.56. The molecule has 0 atom stereocenters. The second-order valence-corrected chi connectivity index (χ2v) is 3.05. The van der Waals surface area contributed by atoms with Crippen molar-refractivity contribution in [3.63, 3.8) is 0 Å². The van der Waals surface area contributed by atoms with Crippen molar-refractivity contribution in [3.8, 4) is 0 Å². The summed E-state index contributed by atoms with van der Waals surface area (Å²) < 4.78 is 0.858. The summed E-state index contributed by atoms with van der Waals surface area (Å²) in [5.41, 5.74) is 0.393. The van der Waals surface area contributed by atoms with Gasteiger partial charge >= 0.3 is 0 Å². The highest BCUT2D eigenvalue weighted by Gasteiger charge is 1.98. The van der Waals surface area contributed by atoms with Gasteiger partial charge in [-0.3, -0.25) is 4.79 Å². The van der Waals surface area contributed by atoms with Gasteiger partial charge in [-0.25, -0.2) is 0 Å². The van der Waals surface area contributed by atoms with Crippen LogP contribution in [-0.2, 0) is 4.79 Å². The number of hydrogen-bond acceptors (Lipinski definition) is 1. The molecule has 1 aromatic carbocycles. The molecule has 3 heteroatoms. The van der Waals surface area contributed by atoms with Crippen molar-refractivity contribution in [1.29, 1.82) is 0 Å². The molecular weight excluding hydrogens is 215 g/mol. The molecule has 0 bridgehead atoms. The Morgan fingerprint density at radius 3 is 2.70 bits per heavy atom. The van der Waals surface area contributed by atoms with Crippen LogP contribution in [0.4, 0.5) is 0 Å². The Bertz CT molecular complexity index is 260. The third-order valence-electron chi connectivity index (χ3n) is 1.04. The summed E-state index contributed by atoms with van der Waals surface area (Å²) in [6, 6.07) is 5.01. The predicted molar refractivity (Wildman–Crippen MR) is 43.9 cm³/mol. The summed E-state index contributed by atoms with van der Waals surface area (Å²) in [6.45, 7) is 0. The van der Waals surface area contributed by atoms with Crippen LogP contribution < -0.4 is 0 Å². The van der Waals surface area contributed by atoms with E-state index >= 15 is 0 Å². The van der Waals surface area contributed by atoms with Crippen molar-refractivity contribution in [2.75, 3.05) is 0 Å². The molecule has 0 saturated carbocycles. The highest BCUT2D eigenvalue weighted by molar-refractivity contribution is 9.10. The van der Waals surface area contributed by atoms with Gasteiger partial charge in [-0.15, -0.1) is 0 Å². The van der Waals surface area contributed by atoms with Crippen molar-refractivity contribution in [1.82, 2.24) is 0 Å². The maximum absolute atomic E-state index is 10.1. The smallest absolute Gasteiger partial charge is 0.235 e. The Hall–Kier alpha value is -0.340.